The van der Waals surface area contributed by atoms with Crippen LogP contribution in [0.15, 0.2) is 42.5 Å². The Hall–Kier alpha value is -2.81. The molecule has 2 aromatic carbocycles. The van der Waals surface area contributed by atoms with Crippen molar-refractivity contribution < 1.29 is 19.1 Å². The van der Waals surface area contributed by atoms with Crippen molar-refractivity contribution in [2.45, 2.75) is 26.0 Å². The molecule has 3 atom stereocenters. The highest BCUT2D eigenvalue weighted by Crippen LogP contribution is 2.26. The molecule has 0 unspecified atom stereocenters. The van der Waals surface area contributed by atoms with Gasteiger partial charge in [-0.3, -0.25) is 9.69 Å². The molecule has 0 bridgehead atoms. The fourth-order valence-electron chi connectivity index (χ4n) is 3.86. The van der Waals surface area contributed by atoms with E-state index in [1.807, 2.05) is 0 Å². The molecule has 1 aliphatic heterocycles. The number of methoxy groups -OCH3 is 1. The number of hydrogen-bond donors (Lipinski definition) is 2. The number of ether oxygens (including phenoxy) is 2. The van der Waals surface area contributed by atoms with Crippen LogP contribution in [0.4, 0.5) is 16.2 Å². The minimum atomic E-state index is -0.430. The maximum absolute atomic E-state index is 13.4. The van der Waals surface area contributed by atoms with Crippen LogP contribution in [0.3, 0.4) is 0 Å². The molecule has 2 N–H and O–H groups in total. The molecule has 184 valence electrons. The summed E-state index contributed by atoms with van der Waals surface area (Å²) >= 11 is 5.89. The summed E-state index contributed by atoms with van der Waals surface area (Å²) in [6, 6.07) is 11.6. The Kier molecular flexibility index (Phi) is 8.77. The topological polar surface area (TPSA) is 83.1 Å². The van der Waals surface area contributed by atoms with E-state index in [2.05, 4.69) is 36.4 Å². The van der Waals surface area contributed by atoms with Crippen molar-refractivity contribution in [3.05, 3.63) is 53.1 Å². The molecular weight excluding hydrogens is 456 g/mol. The molecule has 3 rings (SSSR count). The Morgan fingerprint density at radius 3 is 2.38 bits per heavy atom. The van der Waals surface area contributed by atoms with Gasteiger partial charge in [-0.2, -0.15) is 0 Å². The van der Waals surface area contributed by atoms with E-state index in [0.29, 0.717) is 40.9 Å². The fraction of sp³-hybridized carbons (Fsp3) is 0.440. The van der Waals surface area contributed by atoms with Gasteiger partial charge in [0.1, 0.15) is 12.4 Å². The van der Waals surface area contributed by atoms with Gasteiger partial charge < -0.3 is 25.0 Å². The summed E-state index contributed by atoms with van der Waals surface area (Å²) in [4.78, 5) is 29.7. The molecule has 0 radical (unpaired) electrons. The molecule has 0 aromatic heterocycles. The van der Waals surface area contributed by atoms with Crippen LogP contribution in [0, 0.1) is 5.92 Å². The molecule has 8 nitrogen and oxygen atoms in total. The zero-order valence-corrected chi connectivity index (χ0v) is 21.1. The van der Waals surface area contributed by atoms with Gasteiger partial charge in [0.05, 0.1) is 11.7 Å². The number of halogens is 1. The Morgan fingerprint density at radius 1 is 1.06 bits per heavy atom. The number of urea groups is 1. The summed E-state index contributed by atoms with van der Waals surface area (Å²) in [7, 11) is 5.48. The van der Waals surface area contributed by atoms with E-state index in [1.165, 1.54) is 0 Å². The first-order valence-corrected chi connectivity index (χ1v) is 11.6. The Morgan fingerprint density at radius 2 is 1.71 bits per heavy atom. The lowest BCUT2D eigenvalue weighted by molar-refractivity contribution is 0.0150. The number of benzene rings is 2. The molecule has 0 spiro atoms. The standard InChI is InChI=1S/C25H33ClN4O4/c1-16-13-29(3)17(2)15-34-22-11-10-20(12-21(22)24(31)30(4)14-23(16)33-5)28-25(32)27-19-8-6-18(26)7-9-19/h6-12,16-17,23H,13-15H2,1-5H3,(H2,27,28,32)/t16-,17+,23+/m0/s1. The van der Waals surface area contributed by atoms with Gasteiger partial charge in [0.2, 0.25) is 0 Å². The number of likely N-dealkylation sites (N-methyl/N-ethyl adjacent to an activating group) is 2. The zero-order valence-electron chi connectivity index (χ0n) is 20.3. The average Bonchev–Trinajstić information content (AvgIpc) is 2.81. The third-order valence-electron chi connectivity index (χ3n) is 6.12. The first-order valence-electron chi connectivity index (χ1n) is 11.3. The van der Waals surface area contributed by atoms with Crippen molar-refractivity contribution in [3.8, 4) is 5.75 Å². The quantitative estimate of drug-likeness (QED) is 0.668. The number of carbonyl (C=O) groups excluding carboxylic acids is 2. The molecule has 34 heavy (non-hydrogen) atoms. The van der Waals surface area contributed by atoms with E-state index in [4.69, 9.17) is 21.1 Å². The summed E-state index contributed by atoms with van der Waals surface area (Å²) in [5.41, 5.74) is 1.46. The predicted octanol–water partition coefficient (Wildman–Crippen LogP) is 4.42. The van der Waals surface area contributed by atoms with Crippen LogP contribution in [0.25, 0.3) is 0 Å². The smallest absolute Gasteiger partial charge is 0.323 e. The van der Waals surface area contributed by atoms with Crippen LogP contribution in [-0.2, 0) is 4.74 Å². The SMILES string of the molecule is CO[C@@H]1CN(C)C(=O)c2cc(NC(=O)Nc3ccc(Cl)cc3)ccc2OC[C@@H](C)N(C)C[C@@H]1C. The second kappa shape index (κ2) is 11.6. The first-order chi connectivity index (χ1) is 16.2. The second-order valence-electron chi connectivity index (χ2n) is 8.83. The second-order valence-corrected chi connectivity index (χ2v) is 9.27. The summed E-state index contributed by atoms with van der Waals surface area (Å²) < 4.78 is 11.8. The zero-order chi connectivity index (χ0) is 24.8. The largest absolute Gasteiger partial charge is 0.491 e. The van der Waals surface area contributed by atoms with E-state index in [1.54, 1.807) is 61.5 Å². The molecule has 0 aliphatic carbocycles. The van der Waals surface area contributed by atoms with Crippen molar-refractivity contribution in [1.29, 1.82) is 0 Å². The molecule has 0 saturated carbocycles. The minimum absolute atomic E-state index is 0.112. The van der Waals surface area contributed by atoms with Crippen LogP contribution in [-0.4, -0.2) is 74.8 Å². The molecule has 2 aromatic rings. The number of nitrogens with one attached hydrogen (secondary N) is 2. The Labute approximate surface area is 206 Å². The van der Waals surface area contributed by atoms with Crippen molar-refractivity contribution in [3.63, 3.8) is 0 Å². The molecular formula is C25H33ClN4O4. The van der Waals surface area contributed by atoms with Crippen molar-refractivity contribution in [2.24, 2.45) is 5.92 Å². The maximum Gasteiger partial charge on any atom is 0.323 e. The molecule has 0 fully saturated rings. The number of hydrogen-bond acceptors (Lipinski definition) is 5. The highest BCUT2D eigenvalue weighted by Gasteiger charge is 2.27. The molecule has 3 amide bonds. The van der Waals surface area contributed by atoms with Gasteiger partial charge in [-0.1, -0.05) is 18.5 Å². The number of fused-ring (bicyclic) bond motifs is 1. The van der Waals surface area contributed by atoms with Crippen molar-refractivity contribution in [1.82, 2.24) is 9.80 Å². The van der Waals surface area contributed by atoms with Gasteiger partial charge >= 0.3 is 6.03 Å². The monoisotopic (exact) mass is 488 g/mol. The van der Waals surface area contributed by atoms with Crippen molar-refractivity contribution >= 4 is 34.9 Å². The molecule has 1 heterocycles. The lowest BCUT2D eigenvalue weighted by Crippen LogP contribution is -2.45. The lowest BCUT2D eigenvalue weighted by atomic mass is 10.0. The normalized spacial score (nSPS) is 22.1. The number of amides is 3. The van der Waals surface area contributed by atoms with E-state index in [9.17, 15) is 9.59 Å². The van der Waals surface area contributed by atoms with Gasteiger partial charge in [0.15, 0.2) is 0 Å². The van der Waals surface area contributed by atoms with Crippen molar-refractivity contribution in [2.75, 3.05) is 51.5 Å². The fourth-order valence-corrected chi connectivity index (χ4v) is 3.99. The summed E-state index contributed by atoms with van der Waals surface area (Å²) in [6.45, 7) is 5.90. The lowest BCUT2D eigenvalue weighted by Gasteiger charge is -2.34. The third kappa shape index (κ3) is 6.62. The number of carbonyl (C=O) groups is 2. The van der Waals surface area contributed by atoms with Gasteiger partial charge in [-0.15, -0.1) is 0 Å². The van der Waals surface area contributed by atoms with Crippen LogP contribution >= 0.6 is 11.6 Å². The number of anilines is 2. The van der Waals surface area contributed by atoms with E-state index < -0.39 is 6.03 Å². The van der Waals surface area contributed by atoms with E-state index >= 15 is 0 Å². The van der Waals surface area contributed by atoms with Gasteiger partial charge in [0, 0.05) is 49.7 Å². The Bertz CT molecular complexity index is 1000. The maximum atomic E-state index is 13.4. The summed E-state index contributed by atoms with van der Waals surface area (Å²) in [6.07, 6.45) is -0.112. The molecule has 1 aliphatic rings. The van der Waals surface area contributed by atoms with Crippen LogP contribution in [0.5, 0.6) is 5.75 Å². The van der Waals surface area contributed by atoms with Gasteiger partial charge in [0.25, 0.3) is 5.91 Å². The highest BCUT2D eigenvalue weighted by molar-refractivity contribution is 6.30. The van der Waals surface area contributed by atoms with E-state index in [0.717, 1.165) is 6.54 Å². The number of rotatable bonds is 3. The number of nitrogens with zero attached hydrogens (tertiary/aromatic N) is 2. The summed E-state index contributed by atoms with van der Waals surface area (Å²) in [5.74, 6) is 0.493. The third-order valence-corrected chi connectivity index (χ3v) is 6.37. The Balaban J connectivity index is 1.84. The molecule has 9 heteroatoms. The van der Waals surface area contributed by atoms with Crippen LogP contribution in [0.2, 0.25) is 5.02 Å². The molecule has 0 saturated heterocycles. The van der Waals surface area contributed by atoms with E-state index in [-0.39, 0.29) is 24.0 Å². The van der Waals surface area contributed by atoms with Gasteiger partial charge in [-0.05, 0) is 62.4 Å². The predicted molar refractivity (Wildman–Crippen MR) is 135 cm³/mol. The minimum Gasteiger partial charge on any atom is -0.491 e. The van der Waals surface area contributed by atoms with Gasteiger partial charge in [-0.25, -0.2) is 4.79 Å². The average molecular weight is 489 g/mol. The van der Waals surface area contributed by atoms with Crippen LogP contribution in [0.1, 0.15) is 24.2 Å². The summed E-state index contributed by atoms with van der Waals surface area (Å²) in [5, 5.41) is 6.11. The first kappa shape index (κ1) is 25.8. The highest BCUT2D eigenvalue weighted by atomic mass is 35.5. The van der Waals surface area contributed by atoms with Crippen LogP contribution < -0.4 is 15.4 Å².